The molecule has 0 aliphatic carbocycles. The minimum atomic E-state index is -0.807. The van der Waals surface area contributed by atoms with Gasteiger partial charge in [0.25, 0.3) is 0 Å². The number of hydrogen-bond acceptors (Lipinski definition) is 6. The lowest BCUT2D eigenvalue weighted by atomic mass is 10.1. The van der Waals surface area contributed by atoms with E-state index in [0.717, 1.165) is 148 Å². The Morgan fingerprint density at radius 1 is 0.253 bits per heavy atom. The predicted octanol–water partition coefficient (Wildman–Crippen LogP) is 23.9. The van der Waals surface area contributed by atoms with E-state index in [4.69, 9.17) is 14.2 Å². The van der Waals surface area contributed by atoms with Gasteiger partial charge in [0.15, 0.2) is 6.10 Å². The number of esters is 3. The van der Waals surface area contributed by atoms with Crippen LogP contribution in [0.1, 0.15) is 303 Å². The topological polar surface area (TPSA) is 78.9 Å². The highest BCUT2D eigenvalue weighted by atomic mass is 16.6. The van der Waals surface area contributed by atoms with Crippen LogP contribution in [0.25, 0.3) is 0 Å². The van der Waals surface area contributed by atoms with Gasteiger partial charge in [0.05, 0.1) is 0 Å². The van der Waals surface area contributed by atoms with Crippen LogP contribution in [0.3, 0.4) is 0 Å². The van der Waals surface area contributed by atoms with Gasteiger partial charge >= 0.3 is 17.9 Å². The van der Waals surface area contributed by atoms with E-state index in [1.165, 1.54) is 116 Å². The summed E-state index contributed by atoms with van der Waals surface area (Å²) < 4.78 is 17.0. The summed E-state index contributed by atoms with van der Waals surface area (Å²) in [4.78, 5) is 38.5. The zero-order valence-electron chi connectivity index (χ0n) is 53.9. The minimum Gasteiger partial charge on any atom is -0.462 e. The fourth-order valence-electron chi connectivity index (χ4n) is 9.23. The highest BCUT2D eigenvalue weighted by Crippen LogP contribution is 2.15. The summed E-state index contributed by atoms with van der Waals surface area (Å²) in [6.45, 7) is 6.39. The first-order valence-electron chi connectivity index (χ1n) is 34.3. The molecule has 0 fully saturated rings. The van der Waals surface area contributed by atoms with Crippen molar-refractivity contribution in [2.45, 2.75) is 309 Å². The number of hydrogen-bond donors (Lipinski definition) is 0. The zero-order chi connectivity index (χ0) is 59.9. The van der Waals surface area contributed by atoms with Gasteiger partial charge in [-0.1, -0.05) is 289 Å². The SMILES string of the molecule is CC/C=C\C/C=C\C/C=C\C/C=C\C/C=C\C/C=C\CCCCCCC(=O)OC(COC(=O)CCCCCCCCC/C=C\C/C=C\C/C=C\CC)COC(=O)CCCCCCCCCCCC/C=C\C/C=C\C/C=C\CCCCCCC. The first-order chi connectivity index (χ1) is 41.0. The number of allylic oxidation sites excluding steroid dienone is 24. The van der Waals surface area contributed by atoms with Gasteiger partial charge in [0.1, 0.15) is 13.2 Å². The van der Waals surface area contributed by atoms with Crippen LogP contribution in [-0.2, 0) is 28.6 Å². The Bertz CT molecular complexity index is 1800. The third-order valence-corrected chi connectivity index (χ3v) is 14.3. The molecule has 0 bridgehead atoms. The van der Waals surface area contributed by atoms with E-state index in [1.807, 2.05) is 0 Å². The van der Waals surface area contributed by atoms with E-state index in [2.05, 4.69) is 167 Å². The van der Waals surface area contributed by atoms with Gasteiger partial charge in [-0.2, -0.15) is 0 Å². The molecule has 1 unspecified atom stereocenters. The summed E-state index contributed by atoms with van der Waals surface area (Å²) in [6.07, 6.45) is 100.0. The molecule has 0 rings (SSSR count). The molecule has 470 valence electrons. The van der Waals surface area contributed by atoms with Gasteiger partial charge in [0, 0.05) is 19.3 Å². The molecule has 1 atom stereocenters. The number of carbonyl (C=O) groups is 3. The average molecular weight is 1150 g/mol. The molecule has 0 aliphatic heterocycles. The van der Waals surface area contributed by atoms with Crippen molar-refractivity contribution in [1.29, 1.82) is 0 Å². The third kappa shape index (κ3) is 68.0. The molecule has 0 aromatic rings. The molecule has 0 radical (unpaired) electrons. The van der Waals surface area contributed by atoms with Gasteiger partial charge < -0.3 is 14.2 Å². The Kier molecular flexibility index (Phi) is 65.8. The quantitative estimate of drug-likeness (QED) is 0.0261. The molecule has 0 aromatic carbocycles. The number of rotatable bonds is 61. The van der Waals surface area contributed by atoms with Crippen molar-refractivity contribution in [1.82, 2.24) is 0 Å². The lowest BCUT2D eigenvalue weighted by Gasteiger charge is -2.18. The number of unbranched alkanes of at least 4 members (excludes halogenated alkanes) is 26. The van der Waals surface area contributed by atoms with Crippen LogP contribution in [0, 0.1) is 0 Å². The molecule has 0 saturated carbocycles. The summed E-state index contributed by atoms with van der Waals surface area (Å²) in [5.41, 5.74) is 0. The lowest BCUT2D eigenvalue weighted by molar-refractivity contribution is -0.167. The van der Waals surface area contributed by atoms with Crippen molar-refractivity contribution in [2.24, 2.45) is 0 Å². The van der Waals surface area contributed by atoms with Crippen LogP contribution in [0.15, 0.2) is 146 Å². The van der Waals surface area contributed by atoms with Crippen LogP contribution < -0.4 is 0 Å². The van der Waals surface area contributed by atoms with Gasteiger partial charge in [-0.05, 0) is 141 Å². The van der Waals surface area contributed by atoms with Crippen molar-refractivity contribution in [3.8, 4) is 0 Å². The molecule has 0 N–H and O–H groups in total. The first kappa shape index (κ1) is 78.3. The maximum Gasteiger partial charge on any atom is 0.306 e. The summed E-state index contributed by atoms with van der Waals surface area (Å²) in [7, 11) is 0. The molecule has 0 amide bonds. The Morgan fingerprint density at radius 2 is 0.470 bits per heavy atom. The number of ether oxygens (including phenoxy) is 3. The maximum absolute atomic E-state index is 13.0. The van der Waals surface area contributed by atoms with Crippen LogP contribution in [0.5, 0.6) is 0 Å². The molecular weight excluding hydrogens is 1020 g/mol. The van der Waals surface area contributed by atoms with Crippen LogP contribution in [0.2, 0.25) is 0 Å². The van der Waals surface area contributed by atoms with Gasteiger partial charge in [-0.15, -0.1) is 0 Å². The summed E-state index contributed by atoms with van der Waals surface area (Å²) in [5, 5.41) is 0. The Morgan fingerprint density at radius 3 is 0.735 bits per heavy atom. The summed E-state index contributed by atoms with van der Waals surface area (Å²) in [5.74, 6) is -0.933. The average Bonchev–Trinajstić information content (AvgIpc) is 3.49. The van der Waals surface area contributed by atoms with Crippen molar-refractivity contribution in [3.63, 3.8) is 0 Å². The van der Waals surface area contributed by atoms with Gasteiger partial charge in [0.2, 0.25) is 0 Å². The largest absolute Gasteiger partial charge is 0.462 e. The zero-order valence-corrected chi connectivity index (χ0v) is 53.9. The minimum absolute atomic E-state index is 0.0985. The van der Waals surface area contributed by atoms with Crippen LogP contribution in [-0.4, -0.2) is 37.2 Å². The molecular formula is C77H126O6. The summed E-state index contributed by atoms with van der Waals surface area (Å²) in [6, 6.07) is 0. The predicted molar refractivity (Wildman–Crippen MR) is 362 cm³/mol. The van der Waals surface area contributed by atoms with E-state index < -0.39 is 6.10 Å². The third-order valence-electron chi connectivity index (χ3n) is 14.3. The Hall–Kier alpha value is -4.71. The molecule has 6 heteroatoms. The van der Waals surface area contributed by atoms with Crippen molar-refractivity contribution >= 4 is 17.9 Å². The molecule has 0 heterocycles. The molecule has 0 spiro atoms. The second kappa shape index (κ2) is 69.8. The highest BCUT2D eigenvalue weighted by molar-refractivity contribution is 5.71. The molecule has 0 aliphatic rings. The van der Waals surface area contributed by atoms with E-state index in [1.54, 1.807) is 0 Å². The smallest absolute Gasteiger partial charge is 0.306 e. The monoisotopic (exact) mass is 1150 g/mol. The molecule has 83 heavy (non-hydrogen) atoms. The maximum atomic E-state index is 13.0. The standard InChI is InChI=1S/C77H126O6/c1-4-7-10-13-16-19-22-25-28-31-33-35-37-38-40-41-43-46-49-52-55-58-61-64-67-70-76(79)82-73-74(72-81-75(78)69-66-63-60-57-54-51-48-45-30-27-24-21-18-15-12-9-6-3)83-77(80)71-68-65-62-59-56-53-50-47-44-42-39-36-34-32-29-26-23-20-17-14-11-8-5-2/h8-9,11-12,17-18,20-22,25-27,29-31,33-34,36-38,42,44,50,53,74H,4-7,10,13-16,19,23-24,28,32,35,39-41,43,45-49,51-52,54-73H2,1-3H3/b11-8-,12-9-,20-17-,21-18-,25-22-,29-26-,30-27-,33-31-,36-34-,38-37-,44-42-,53-50-. The van der Waals surface area contributed by atoms with E-state index in [9.17, 15) is 14.4 Å². The Labute approximate surface area is 512 Å². The van der Waals surface area contributed by atoms with Crippen molar-refractivity contribution < 1.29 is 28.6 Å². The summed E-state index contributed by atoms with van der Waals surface area (Å²) >= 11 is 0. The van der Waals surface area contributed by atoms with Crippen LogP contribution in [0.4, 0.5) is 0 Å². The van der Waals surface area contributed by atoms with E-state index >= 15 is 0 Å². The second-order valence-electron chi connectivity index (χ2n) is 22.3. The van der Waals surface area contributed by atoms with E-state index in [0.29, 0.717) is 12.8 Å². The van der Waals surface area contributed by atoms with Gasteiger partial charge in [-0.3, -0.25) is 14.4 Å². The van der Waals surface area contributed by atoms with E-state index in [-0.39, 0.29) is 37.5 Å². The molecule has 0 aromatic heterocycles. The Balaban J connectivity index is 4.46. The van der Waals surface area contributed by atoms with Crippen molar-refractivity contribution in [3.05, 3.63) is 146 Å². The fraction of sp³-hybridized carbons (Fsp3) is 0.649. The molecule has 0 saturated heterocycles. The molecule has 6 nitrogen and oxygen atoms in total. The lowest BCUT2D eigenvalue weighted by Crippen LogP contribution is -2.30. The van der Waals surface area contributed by atoms with Crippen molar-refractivity contribution in [2.75, 3.05) is 13.2 Å². The fourth-order valence-corrected chi connectivity index (χ4v) is 9.23. The second-order valence-corrected chi connectivity index (χ2v) is 22.3. The van der Waals surface area contributed by atoms with Crippen LogP contribution >= 0.6 is 0 Å². The highest BCUT2D eigenvalue weighted by Gasteiger charge is 2.19. The first-order valence-corrected chi connectivity index (χ1v) is 34.3. The van der Waals surface area contributed by atoms with Gasteiger partial charge in [-0.25, -0.2) is 0 Å². The normalized spacial score (nSPS) is 13.0. The number of carbonyl (C=O) groups excluding carboxylic acids is 3.